The number of anilines is 1. The molecule has 16 heteroatoms. The van der Waals surface area contributed by atoms with Gasteiger partial charge in [0.1, 0.15) is 0 Å². The summed E-state index contributed by atoms with van der Waals surface area (Å²) >= 11 is 0. The molecule has 1 heterocycles. The fraction of sp³-hybridized carbons (Fsp3) is 0.429. The third kappa shape index (κ3) is 9.19. The second-order valence-corrected chi connectivity index (χ2v) is 10.3. The Morgan fingerprint density at radius 1 is 0.932 bits per heavy atom. The molecule has 2 aromatic carbocycles. The van der Waals surface area contributed by atoms with Gasteiger partial charge in [0, 0.05) is 35.8 Å². The van der Waals surface area contributed by atoms with Crippen molar-refractivity contribution in [3.8, 4) is 0 Å². The average molecular weight is 639 g/mol. The van der Waals surface area contributed by atoms with Crippen molar-refractivity contribution in [2.24, 2.45) is 22.6 Å². The highest BCUT2D eigenvalue weighted by Gasteiger charge is 2.41. The van der Waals surface area contributed by atoms with Crippen LogP contribution in [0.15, 0.2) is 47.5 Å². The molecule has 0 bridgehead atoms. The zero-order valence-corrected chi connectivity index (χ0v) is 23.0. The zero-order valence-electron chi connectivity index (χ0n) is 23.0. The summed E-state index contributed by atoms with van der Waals surface area (Å²) in [6.45, 7) is 1.67. The summed E-state index contributed by atoms with van der Waals surface area (Å²) in [6, 6.07) is 9.26. The molecule has 0 aliphatic carbocycles. The minimum Gasteiger partial charge on any atom is -0.369 e. The van der Waals surface area contributed by atoms with E-state index in [2.05, 4.69) is 15.6 Å². The van der Waals surface area contributed by atoms with Crippen molar-refractivity contribution >= 4 is 29.1 Å². The number of nitrogens with one attached hydrogen (secondary N) is 2. The number of hydrogen-bond acceptors (Lipinski definition) is 4. The van der Waals surface area contributed by atoms with E-state index < -0.39 is 97.6 Å². The summed E-state index contributed by atoms with van der Waals surface area (Å²) in [4.78, 5) is 42.8. The Kier molecular flexibility index (Phi) is 10.4. The number of aryl methyl sites for hydroxylation is 1. The van der Waals surface area contributed by atoms with Gasteiger partial charge < -0.3 is 16.4 Å². The molecule has 44 heavy (non-hydrogen) atoms. The summed E-state index contributed by atoms with van der Waals surface area (Å²) < 4.78 is 119. The predicted octanol–water partition coefficient (Wildman–Crippen LogP) is 6.04. The number of hydrogen-bond donors (Lipinski definition) is 3. The van der Waals surface area contributed by atoms with E-state index in [1.54, 1.807) is 19.1 Å². The largest absolute Gasteiger partial charge is 0.418 e. The highest BCUT2D eigenvalue weighted by molar-refractivity contribution is 6.20. The molecule has 0 aromatic heterocycles. The van der Waals surface area contributed by atoms with Crippen LogP contribution >= 0.6 is 0 Å². The van der Waals surface area contributed by atoms with Crippen LogP contribution in [0.4, 0.5) is 45.2 Å². The Hall–Kier alpha value is -4.11. The van der Waals surface area contributed by atoms with Gasteiger partial charge in [0.25, 0.3) is 5.91 Å². The molecule has 0 spiro atoms. The van der Waals surface area contributed by atoms with Crippen molar-refractivity contribution < 1.29 is 53.9 Å². The molecule has 240 valence electrons. The number of carbonyl (C=O) groups excluding carboxylic acids is 3. The Morgan fingerprint density at radius 2 is 1.57 bits per heavy atom. The lowest BCUT2D eigenvalue weighted by Gasteiger charge is -2.26. The molecular weight excluding hydrogens is 611 g/mol. The highest BCUT2D eigenvalue weighted by Crippen LogP contribution is 2.39. The van der Waals surface area contributed by atoms with Crippen molar-refractivity contribution in [3.05, 3.63) is 64.7 Å². The average Bonchev–Trinajstić information content (AvgIpc) is 3.01. The molecular formula is C28H27F9N4O3. The maximum absolute atomic E-state index is 13.9. The van der Waals surface area contributed by atoms with E-state index in [4.69, 9.17) is 5.73 Å². The quantitative estimate of drug-likeness (QED) is 0.276. The van der Waals surface area contributed by atoms with Crippen molar-refractivity contribution in [2.75, 3.05) is 5.32 Å². The number of amides is 3. The van der Waals surface area contributed by atoms with Gasteiger partial charge in [-0.2, -0.15) is 39.5 Å². The van der Waals surface area contributed by atoms with Gasteiger partial charge in [0.05, 0.1) is 17.0 Å². The molecule has 4 N–H and O–H groups in total. The monoisotopic (exact) mass is 638 g/mol. The Morgan fingerprint density at radius 3 is 2.14 bits per heavy atom. The van der Waals surface area contributed by atoms with Crippen LogP contribution in [0.1, 0.15) is 54.4 Å². The molecule has 0 fully saturated rings. The van der Waals surface area contributed by atoms with Crippen LogP contribution in [-0.2, 0) is 20.6 Å². The van der Waals surface area contributed by atoms with E-state index in [0.29, 0.717) is 11.6 Å². The molecule has 0 unspecified atom stereocenters. The number of para-hydroxylation sites is 1. The van der Waals surface area contributed by atoms with Crippen LogP contribution < -0.4 is 16.4 Å². The fourth-order valence-corrected chi connectivity index (χ4v) is 4.83. The van der Waals surface area contributed by atoms with E-state index in [9.17, 15) is 53.9 Å². The SMILES string of the molecule is Cc1cccc(C2=N[C@H](NC(=O)[C@H](CCC(F)(F)F)[C@H](CCCC(F)(F)F)C(N)=O)C(=O)Nc3c2cccc3C(F)(F)F)c1. The normalized spacial score (nSPS) is 17.1. The van der Waals surface area contributed by atoms with Crippen LogP contribution in [0.3, 0.4) is 0 Å². The minimum atomic E-state index is -4.94. The van der Waals surface area contributed by atoms with Crippen molar-refractivity contribution in [2.45, 2.75) is 63.7 Å². The van der Waals surface area contributed by atoms with Gasteiger partial charge in [0.15, 0.2) is 0 Å². The van der Waals surface area contributed by atoms with Gasteiger partial charge in [-0.1, -0.05) is 35.9 Å². The topological polar surface area (TPSA) is 114 Å². The number of primary amides is 1. The number of fused-ring (bicyclic) bond motifs is 1. The Bertz CT molecular complexity index is 1420. The second kappa shape index (κ2) is 13.3. The number of carbonyl (C=O) groups is 3. The molecule has 0 saturated heterocycles. The maximum Gasteiger partial charge on any atom is 0.418 e. The number of halogens is 9. The smallest absolute Gasteiger partial charge is 0.369 e. The number of benzene rings is 2. The Balaban J connectivity index is 2.06. The molecule has 7 nitrogen and oxygen atoms in total. The number of benzodiazepines with no additional fused rings is 1. The zero-order chi connectivity index (χ0) is 33.0. The van der Waals surface area contributed by atoms with Gasteiger partial charge in [-0.15, -0.1) is 0 Å². The lowest BCUT2D eigenvalue weighted by atomic mass is 9.83. The lowest BCUT2D eigenvalue weighted by molar-refractivity contribution is -0.147. The van der Waals surface area contributed by atoms with Crippen LogP contribution in [0.25, 0.3) is 0 Å². The maximum atomic E-state index is 13.9. The van der Waals surface area contributed by atoms with E-state index in [0.717, 1.165) is 6.07 Å². The molecule has 0 saturated carbocycles. The number of nitrogens with zero attached hydrogens (tertiary/aromatic N) is 1. The number of aliphatic imine (C=N–C) groups is 1. The van der Waals surface area contributed by atoms with Crippen LogP contribution in [0, 0.1) is 18.8 Å². The summed E-state index contributed by atoms with van der Waals surface area (Å²) in [7, 11) is 0. The third-order valence-corrected chi connectivity index (χ3v) is 6.85. The lowest BCUT2D eigenvalue weighted by Crippen LogP contribution is -2.48. The first-order valence-corrected chi connectivity index (χ1v) is 13.2. The molecule has 3 rings (SSSR count). The molecule has 1 aliphatic rings. The summed E-state index contributed by atoms with van der Waals surface area (Å²) in [5, 5.41) is 4.16. The first kappa shape index (κ1) is 34.4. The molecule has 1 aliphatic heterocycles. The van der Waals surface area contributed by atoms with Crippen molar-refractivity contribution in [1.29, 1.82) is 0 Å². The first-order valence-electron chi connectivity index (χ1n) is 13.2. The number of rotatable bonds is 10. The van der Waals surface area contributed by atoms with Gasteiger partial charge in [-0.3, -0.25) is 14.4 Å². The number of nitrogens with two attached hydrogens (primary N) is 1. The fourth-order valence-electron chi connectivity index (χ4n) is 4.83. The summed E-state index contributed by atoms with van der Waals surface area (Å²) in [5.41, 5.74) is 3.89. The standard InChI is InChI=1S/C28H27F9N4O3/c1-14-5-2-6-15(13-14)20-18-7-3-9-19(28(35,36)37)21(18)40-25(44)23(39-20)41-24(43)17(10-12-27(32,33)34)16(22(38)42)8-4-11-26(29,30)31/h2-3,5-7,9,13,16-17,23H,4,8,10-12H2,1H3,(H2,38,42)(H,40,44)(H,41,43)/t16-,17+,23+/m0/s1. The number of alkyl halides is 9. The molecule has 3 amide bonds. The summed E-state index contributed by atoms with van der Waals surface area (Å²) in [5.74, 6) is -7.74. The van der Waals surface area contributed by atoms with E-state index >= 15 is 0 Å². The van der Waals surface area contributed by atoms with Crippen LogP contribution in [0.5, 0.6) is 0 Å². The first-order chi connectivity index (χ1) is 20.3. The van der Waals surface area contributed by atoms with Gasteiger partial charge >= 0.3 is 18.5 Å². The van der Waals surface area contributed by atoms with Crippen LogP contribution in [0.2, 0.25) is 0 Å². The Labute approximate surface area is 245 Å². The highest BCUT2D eigenvalue weighted by atomic mass is 19.4. The third-order valence-electron chi connectivity index (χ3n) is 6.85. The predicted molar refractivity (Wildman–Crippen MR) is 140 cm³/mol. The van der Waals surface area contributed by atoms with Crippen molar-refractivity contribution in [1.82, 2.24) is 5.32 Å². The molecule has 0 radical (unpaired) electrons. The van der Waals surface area contributed by atoms with Gasteiger partial charge in [-0.05, 0) is 38.3 Å². The van der Waals surface area contributed by atoms with E-state index in [1.807, 2.05) is 0 Å². The summed E-state index contributed by atoms with van der Waals surface area (Å²) in [6.07, 6.45) is -22.0. The molecule has 3 atom stereocenters. The van der Waals surface area contributed by atoms with Crippen molar-refractivity contribution in [3.63, 3.8) is 0 Å². The van der Waals surface area contributed by atoms with Gasteiger partial charge in [0.2, 0.25) is 18.0 Å². The van der Waals surface area contributed by atoms with E-state index in [1.165, 1.54) is 18.2 Å². The van der Waals surface area contributed by atoms with Gasteiger partial charge in [-0.25, -0.2) is 4.99 Å². The molecule has 2 aromatic rings. The van der Waals surface area contributed by atoms with E-state index in [-0.39, 0.29) is 16.8 Å². The van der Waals surface area contributed by atoms with Crippen LogP contribution in [-0.4, -0.2) is 42.0 Å². The minimum absolute atomic E-state index is 0.175. The second-order valence-electron chi connectivity index (χ2n) is 10.3.